The van der Waals surface area contributed by atoms with Crippen molar-refractivity contribution < 1.29 is 14.3 Å². The highest BCUT2D eigenvalue weighted by Crippen LogP contribution is 2.26. The van der Waals surface area contributed by atoms with Crippen molar-refractivity contribution in [2.75, 3.05) is 20.8 Å². The summed E-state index contributed by atoms with van der Waals surface area (Å²) in [5, 5.41) is 2.85. The number of ether oxygens (including phenoxy) is 2. The number of benzene rings is 2. The minimum Gasteiger partial charge on any atom is -0.496 e. The van der Waals surface area contributed by atoms with Crippen LogP contribution in [0.4, 0.5) is 0 Å². The van der Waals surface area contributed by atoms with Gasteiger partial charge in [-0.2, -0.15) is 0 Å². The molecule has 23 heavy (non-hydrogen) atoms. The number of para-hydroxylation sites is 1. The SMILES string of the molecule is COc1ccccc1C(CNC(=O)/C=C/c1ccccc1)OC. The number of rotatable bonds is 7. The molecule has 2 aromatic carbocycles. The van der Waals surface area contributed by atoms with E-state index >= 15 is 0 Å². The van der Waals surface area contributed by atoms with E-state index in [4.69, 9.17) is 9.47 Å². The van der Waals surface area contributed by atoms with Gasteiger partial charge in [0.25, 0.3) is 0 Å². The molecule has 4 heteroatoms. The maximum Gasteiger partial charge on any atom is 0.244 e. The summed E-state index contributed by atoms with van der Waals surface area (Å²) in [7, 11) is 3.23. The van der Waals surface area contributed by atoms with Gasteiger partial charge < -0.3 is 14.8 Å². The molecule has 0 saturated heterocycles. The van der Waals surface area contributed by atoms with Crippen LogP contribution in [0.1, 0.15) is 17.2 Å². The number of carbonyl (C=O) groups is 1. The van der Waals surface area contributed by atoms with Crippen molar-refractivity contribution in [3.63, 3.8) is 0 Å². The molecule has 0 aromatic heterocycles. The highest BCUT2D eigenvalue weighted by Gasteiger charge is 2.15. The molecule has 0 bridgehead atoms. The first-order chi connectivity index (χ1) is 11.2. The number of amides is 1. The Bertz CT molecular complexity index is 653. The third-order valence-corrected chi connectivity index (χ3v) is 3.46. The van der Waals surface area contributed by atoms with Crippen LogP contribution in [0.2, 0.25) is 0 Å². The van der Waals surface area contributed by atoms with Crippen LogP contribution in [0.25, 0.3) is 6.08 Å². The average molecular weight is 311 g/mol. The number of hydrogen-bond donors (Lipinski definition) is 1. The maximum atomic E-state index is 11.9. The van der Waals surface area contributed by atoms with Gasteiger partial charge in [-0.05, 0) is 17.7 Å². The van der Waals surface area contributed by atoms with Gasteiger partial charge in [-0.15, -0.1) is 0 Å². The molecule has 4 nitrogen and oxygen atoms in total. The lowest BCUT2D eigenvalue weighted by molar-refractivity contribution is -0.117. The van der Waals surface area contributed by atoms with E-state index in [0.29, 0.717) is 6.54 Å². The molecule has 0 spiro atoms. The Kier molecular flexibility index (Phi) is 6.39. The van der Waals surface area contributed by atoms with Crippen molar-refractivity contribution in [1.29, 1.82) is 0 Å². The predicted octanol–water partition coefficient (Wildman–Crippen LogP) is 3.21. The summed E-state index contributed by atoms with van der Waals surface area (Å²) in [4.78, 5) is 11.9. The Labute approximate surface area is 136 Å². The van der Waals surface area contributed by atoms with Crippen molar-refractivity contribution >= 4 is 12.0 Å². The van der Waals surface area contributed by atoms with Gasteiger partial charge in [-0.1, -0.05) is 48.5 Å². The lowest BCUT2D eigenvalue weighted by atomic mass is 10.1. The molecule has 2 rings (SSSR count). The van der Waals surface area contributed by atoms with Gasteiger partial charge in [-0.3, -0.25) is 4.79 Å². The molecule has 0 aliphatic heterocycles. The smallest absolute Gasteiger partial charge is 0.244 e. The van der Waals surface area contributed by atoms with Crippen molar-refractivity contribution in [2.24, 2.45) is 0 Å². The first-order valence-electron chi connectivity index (χ1n) is 7.41. The third-order valence-electron chi connectivity index (χ3n) is 3.46. The second kappa shape index (κ2) is 8.76. The predicted molar refractivity (Wildman–Crippen MR) is 91.2 cm³/mol. The molecule has 0 saturated carbocycles. The second-order valence-electron chi connectivity index (χ2n) is 4.96. The van der Waals surface area contributed by atoms with Crippen LogP contribution in [0.15, 0.2) is 60.7 Å². The summed E-state index contributed by atoms with van der Waals surface area (Å²) < 4.78 is 10.8. The Balaban J connectivity index is 1.95. The van der Waals surface area contributed by atoms with E-state index in [0.717, 1.165) is 16.9 Å². The monoisotopic (exact) mass is 311 g/mol. The van der Waals surface area contributed by atoms with E-state index < -0.39 is 0 Å². The maximum absolute atomic E-state index is 11.9. The molecule has 1 N–H and O–H groups in total. The quantitative estimate of drug-likeness (QED) is 0.799. The largest absolute Gasteiger partial charge is 0.496 e. The van der Waals surface area contributed by atoms with E-state index in [2.05, 4.69) is 5.32 Å². The Morgan fingerprint density at radius 1 is 1.09 bits per heavy atom. The summed E-state index contributed by atoms with van der Waals surface area (Å²) >= 11 is 0. The zero-order chi connectivity index (χ0) is 16.5. The van der Waals surface area contributed by atoms with Gasteiger partial charge in [0.2, 0.25) is 5.91 Å². The van der Waals surface area contributed by atoms with E-state index in [9.17, 15) is 4.79 Å². The van der Waals surface area contributed by atoms with Crippen LogP contribution in [-0.4, -0.2) is 26.7 Å². The van der Waals surface area contributed by atoms with Gasteiger partial charge in [0.1, 0.15) is 11.9 Å². The molecule has 1 amide bonds. The fourth-order valence-electron chi connectivity index (χ4n) is 2.24. The molecule has 120 valence electrons. The summed E-state index contributed by atoms with van der Waals surface area (Å²) in [5.74, 6) is 0.583. The summed E-state index contributed by atoms with van der Waals surface area (Å²) in [6.07, 6.45) is 3.03. The van der Waals surface area contributed by atoms with Crippen LogP contribution in [0, 0.1) is 0 Å². The third kappa shape index (κ3) is 4.97. The van der Waals surface area contributed by atoms with Crippen molar-refractivity contribution in [2.45, 2.75) is 6.10 Å². The van der Waals surface area contributed by atoms with Gasteiger partial charge in [0.05, 0.1) is 7.11 Å². The molecule has 1 atom stereocenters. The minimum absolute atomic E-state index is 0.161. The minimum atomic E-state index is -0.264. The van der Waals surface area contributed by atoms with Crippen LogP contribution in [0.3, 0.4) is 0 Å². The van der Waals surface area contributed by atoms with Gasteiger partial charge in [-0.25, -0.2) is 0 Å². The highest BCUT2D eigenvalue weighted by molar-refractivity contribution is 5.91. The molecule has 2 aromatic rings. The molecular weight excluding hydrogens is 290 g/mol. The topological polar surface area (TPSA) is 47.6 Å². The first-order valence-corrected chi connectivity index (χ1v) is 7.41. The summed E-state index contributed by atoms with van der Waals surface area (Å²) in [6, 6.07) is 17.3. The highest BCUT2D eigenvalue weighted by atomic mass is 16.5. The molecule has 1 unspecified atom stereocenters. The van der Waals surface area contributed by atoms with Gasteiger partial charge >= 0.3 is 0 Å². The van der Waals surface area contributed by atoms with Crippen molar-refractivity contribution in [3.8, 4) is 5.75 Å². The number of carbonyl (C=O) groups excluding carboxylic acids is 1. The van der Waals surface area contributed by atoms with E-state index in [1.165, 1.54) is 6.08 Å². The molecule has 0 heterocycles. The second-order valence-corrected chi connectivity index (χ2v) is 4.96. The van der Waals surface area contributed by atoms with Crippen LogP contribution >= 0.6 is 0 Å². The van der Waals surface area contributed by atoms with E-state index in [-0.39, 0.29) is 12.0 Å². The van der Waals surface area contributed by atoms with Crippen molar-refractivity contribution in [1.82, 2.24) is 5.32 Å². The molecular formula is C19H21NO3. The average Bonchev–Trinajstić information content (AvgIpc) is 2.61. The summed E-state index contributed by atoms with van der Waals surface area (Å²) in [5.41, 5.74) is 1.89. The molecule has 0 radical (unpaired) electrons. The Morgan fingerprint density at radius 2 is 1.78 bits per heavy atom. The molecule has 0 aliphatic carbocycles. The Hall–Kier alpha value is -2.59. The van der Waals surface area contributed by atoms with Gasteiger partial charge in [0, 0.05) is 25.3 Å². The normalized spacial score (nSPS) is 12.1. The van der Waals surface area contributed by atoms with Crippen molar-refractivity contribution in [3.05, 3.63) is 71.8 Å². The fraction of sp³-hybridized carbons (Fsp3) is 0.211. The van der Waals surface area contributed by atoms with E-state index in [1.54, 1.807) is 20.3 Å². The van der Waals surface area contributed by atoms with Crippen LogP contribution in [0.5, 0.6) is 5.75 Å². The zero-order valence-electron chi connectivity index (χ0n) is 13.4. The van der Waals surface area contributed by atoms with E-state index in [1.807, 2.05) is 54.6 Å². The lowest BCUT2D eigenvalue weighted by Crippen LogP contribution is -2.27. The fourth-order valence-corrected chi connectivity index (χ4v) is 2.24. The number of nitrogens with one attached hydrogen (secondary N) is 1. The zero-order valence-corrected chi connectivity index (χ0v) is 13.4. The van der Waals surface area contributed by atoms with Crippen LogP contribution < -0.4 is 10.1 Å². The van der Waals surface area contributed by atoms with Gasteiger partial charge in [0.15, 0.2) is 0 Å². The molecule has 0 fully saturated rings. The number of methoxy groups -OCH3 is 2. The standard InChI is InChI=1S/C19H21NO3/c1-22-17-11-7-6-10-16(17)18(23-2)14-20-19(21)13-12-15-8-4-3-5-9-15/h3-13,18H,14H2,1-2H3,(H,20,21)/b13-12+. The first kappa shape index (κ1) is 16.8. The molecule has 0 aliphatic rings. The summed E-state index contributed by atoms with van der Waals surface area (Å²) in [6.45, 7) is 0.370. The van der Waals surface area contributed by atoms with Crippen LogP contribution in [-0.2, 0) is 9.53 Å². The number of hydrogen-bond acceptors (Lipinski definition) is 3. The Morgan fingerprint density at radius 3 is 2.48 bits per heavy atom. The lowest BCUT2D eigenvalue weighted by Gasteiger charge is -2.18.